The highest BCUT2D eigenvalue weighted by molar-refractivity contribution is 6.06. The third kappa shape index (κ3) is 5.75. The van der Waals surface area contributed by atoms with Gasteiger partial charge in [-0.3, -0.25) is 0 Å². The molecule has 1 aromatic heterocycles. The summed E-state index contributed by atoms with van der Waals surface area (Å²) in [5, 5.41) is 2.60. The topological polar surface area (TPSA) is 25.8 Å². The molecule has 0 aliphatic heterocycles. The quantitative estimate of drug-likeness (QED) is 0.172. The van der Waals surface area contributed by atoms with Gasteiger partial charge >= 0.3 is 0 Å². The van der Waals surface area contributed by atoms with Crippen molar-refractivity contribution < 1.29 is 0 Å². The molecule has 260 valence electrons. The second kappa shape index (κ2) is 13.2. The summed E-state index contributed by atoms with van der Waals surface area (Å²) in [4.78, 5) is 10.2. The van der Waals surface area contributed by atoms with Gasteiger partial charge in [-0.15, -0.1) is 0 Å². The molecule has 0 fully saturated rings. The van der Waals surface area contributed by atoms with Gasteiger partial charge in [-0.05, 0) is 84.6 Å². The first-order valence-corrected chi connectivity index (χ1v) is 19.0. The van der Waals surface area contributed by atoms with Crippen LogP contribution in [0.5, 0.6) is 0 Å². The van der Waals surface area contributed by atoms with Gasteiger partial charge in [0.05, 0.1) is 11.4 Å². The Hall–Kier alpha value is -6.90. The number of hydrogen-bond donors (Lipinski definition) is 0. The van der Waals surface area contributed by atoms with E-state index in [1.54, 1.807) is 0 Å². The van der Waals surface area contributed by atoms with Crippen LogP contribution in [-0.2, 0) is 5.41 Å². The summed E-state index contributed by atoms with van der Waals surface area (Å²) in [7, 11) is 0. The Balaban J connectivity index is 1.04. The molecule has 55 heavy (non-hydrogen) atoms. The zero-order chi connectivity index (χ0) is 36.9. The van der Waals surface area contributed by atoms with E-state index in [0.29, 0.717) is 5.82 Å². The minimum absolute atomic E-state index is 0.0724. The van der Waals surface area contributed by atoms with E-state index < -0.39 is 0 Å². The number of rotatable bonds is 6. The summed E-state index contributed by atoms with van der Waals surface area (Å²) in [6.45, 7) is 4.72. The molecule has 0 spiro atoms. The molecule has 0 saturated carbocycles. The first-order valence-electron chi connectivity index (χ1n) is 19.0. The van der Waals surface area contributed by atoms with Gasteiger partial charge in [0.25, 0.3) is 0 Å². The molecular formula is C53H38N2. The number of benzene rings is 8. The lowest BCUT2D eigenvalue weighted by atomic mass is 9.81. The highest BCUT2D eigenvalue weighted by Crippen LogP contribution is 2.54. The van der Waals surface area contributed by atoms with Crippen molar-refractivity contribution in [3.8, 4) is 78.4 Å². The Morgan fingerprint density at radius 2 is 0.855 bits per heavy atom. The number of fused-ring (bicyclic) bond motifs is 5. The average molecular weight is 703 g/mol. The lowest BCUT2D eigenvalue weighted by Gasteiger charge is -2.21. The van der Waals surface area contributed by atoms with Crippen molar-refractivity contribution in [2.45, 2.75) is 19.3 Å². The Morgan fingerprint density at radius 3 is 1.53 bits per heavy atom. The largest absolute Gasteiger partial charge is 0.228 e. The van der Waals surface area contributed by atoms with Crippen LogP contribution in [0.4, 0.5) is 0 Å². The monoisotopic (exact) mass is 702 g/mol. The molecule has 0 radical (unpaired) electrons. The average Bonchev–Trinajstić information content (AvgIpc) is 3.50. The molecular weight excluding hydrogens is 665 g/mol. The first-order chi connectivity index (χ1) is 27.0. The predicted molar refractivity (Wildman–Crippen MR) is 230 cm³/mol. The zero-order valence-corrected chi connectivity index (χ0v) is 30.9. The van der Waals surface area contributed by atoms with E-state index in [2.05, 4.69) is 190 Å². The highest BCUT2D eigenvalue weighted by Gasteiger charge is 2.37. The normalized spacial score (nSPS) is 12.7. The fraction of sp³-hybridized carbons (Fsp3) is 0.0566. The molecule has 10 rings (SSSR count). The third-order valence-corrected chi connectivity index (χ3v) is 11.3. The van der Waals surface area contributed by atoms with Gasteiger partial charge in [-0.1, -0.05) is 190 Å². The third-order valence-electron chi connectivity index (χ3n) is 11.3. The Morgan fingerprint density at radius 1 is 0.345 bits per heavy atom. The summed E-state index contributed by atoms with van der Waals surface area (Å²) in [6.07, 6.45) is 0. The minimum atomic E-state index is -0.0724. The molecule has 2 nitrogen and oxygen atoms in total. The molecule has 2 heteroatoms. The van der Waals surface area contributed by atoms with E-state index in [1.807, 2.05) is 18.2 Å². The summed E-state index contributed by atoms with van der Waals surface area (Å²) in [5.41, 5.74) is 17.5. The van der Waals surface area contributed by atoms with Gasteiger partial charge in [-0.2, -0.15) is 0 Å². The van der Waals surface area contributed by atoms with Crippen LogP contribution in [0.2, 0.25) is 0 Å². The summed E-state index contributed by atoms with van der Waals surface area (Å²) >= 11 is 0. The van der Waals surface area contributed by atoms with Gasteiger partial charge in [0.1, 0.15) is 0 Å². The second-order valence-corrected chi connectivity index (χ2v) is 15.0. The smallest absolute Gasteiger partial charge is 0.160 e. The maximum absolute atomic E-state index is 5.14. The van der Waals surface area contributed by atoms with E-state index >= 15 is 0 Å². The van der Waals surface area contributed by atoms with Gasteiger partial charge in [-0.25, -0.2) is 9.97 Å². The van der Waals surface area contributed by atoms with E-state index in [4.69, 9.17) is 9.97 Å². The van der Waals surface area contributed by atoms with Crippen molar-refractivity contribution in [2.75, 3.05) is 0 Å². The first kappa shape index (κ1) is 32.7. The summed E-state index contributed by atoms with van der Waals surface area (Å²) < 4.78 is 0. The van der Waals surface area contributed by atoms with Gasteiger partial charge in [0.2, 0.25) is 0 Å². The molecule has 1 heterocycles. The van der Waals surface area contributed by atoms with Crippen LogP contribution in [0.1, 0.15) is 25.0 Å². The molecule has 1 aliphatic carbocycles. The van der Waals surface area contributed by atoms with Gasteiger partial charge in [0.15, 0.2) is 5.82 Å². The molecule has 0 saturated heterocycles. The van der Waals surface area contributed by atoms with E-state index in [0.717, 1.165) is 44.8 Å². The van der Waals surface area contributed by atoms with Crippen LogP contribution in [0.3, 0.4) is 0 Å². The van der Waals surface area contributed by atoms with Gasteiger partial charge in [0, 0.05) is 22.1 Å². The number of aromatic nitrogens is 2. The fourth-order valence-corrected chi connectivity index (χ4v) is 8.44. The van der Waals surface area contributed by atoms with Crippen molar-refractivity contribution >= 4 is 10.8 Å². The zero-order valence-electron chi connectivity index (χ0n) is 30.9. The maximum atomic E-state index is 5.14. The molecule has 0 N–H and O–H groups in total. The standard InChI is InChI=1S/C53H38N2/c1-53(2)46-25-13-24-45(50(46)51-44-23-10-9-16-37(44)30-31-47(51)53)38-28-26-36(27-29-38)41-20-12-22-43(33-41)49-34-48(54-52(55-49)39-17-7-4-8-18-39)42-21-11-19-40(32-42)35-14-5-3-6-15-35/h3-34H,1-2H3. The highest BCUT2D eigenvalue weighted by atomic mass is 14.9. The predicted octanol–water partition coefficient (Wildman–Crippen LogP) is 13.9. The van der Waals surface area contributed by atoms with E-state index in [9.17, 15) is 0 Å². The van der Waals surface area contributed by atoms with Crippen molar-refractivity contribution in [1.29, 1.82) is 0 Å². The Bertz CT molecular complexity index is 2870. The van der Waals surface area contributed by atoms with Crippen molar-refractivity contribution in [1.82, 2.24) is 9.97 Å². The van der Waals surface area contributed by atoms with Crippen LogP contribution in [0, 0.1) is 0 Å². The fourth-order valence-electron chi connectivity index (χ4n) is 8.44. The molecule has 0 atom stereocenters. The van der Waals surface area contributed by atoms with Gasteiger partial charge < -0.3 is 0 Å². The van der Waals surface area contributed by atoms with Crippen LogP contribution >= 0.6 is 0 Å². The molecule has 9 aromatic rings. The van der Waals surface area contributed by atoms with E-state index in [-0.39, 0.29) is 5.41 Å². The molecule has 0 amide bonds. The van der Waals surface area contributed by atoms with Crippen LogP contribution in [0.15, 0.2) is 194 Å². The SMILES string of the molecule is CC1(C)c2cccc(-c3ccc(-c4cccc(-c5cc(-c6cccc(-c7ccccc7)c6)nc(-c6ccccc6)n5)c4)cc3)c2-c2c1ccc1ccccc21. The van der Waals surface area contributed by atoms with Crippen LogP contribution in [0.25, 0.3) is 89.2 Å². The van der Waals surface area contributed by atoms with Crippen molar-refractivity contribution in [2.24, 2.45) is 0 Å². The summed E-state index contributed by atoms with van der Waals surface area (Å²) in [5.74, 6) is 0.709. The molecule has 8 aromatic carbocycles. The lowest BCUT2D eigenvalue weighted by Crippen LogP contribution is -2.14. The lowest BCUT2D eigenvalue weighted by molar-refractivity contribution is 0.661. The number of hydrogen-bond acceptors (Lipinski definition) is 2. The molecule has 0 bridgehead atoms. The Labute approximate surface area is 322 Å². The molecule has 1 aliphatic rings. The minimum Gasteiger partial charge on any atom is -0.228 e. The Kier molecular flexibility index (Phi) is 7.85. The maximum Gasteiger partial charge on any atom is 0.160 e. The molecule has 0 unspecified atom stereocenters. The number of nitrogens with zero attached hydrogens (tertiary/aromatic N) is 2. The van der Waals surface area contributed by atoms with Crippen LogP contribution < -0.4 is 0 Å². The van der Waals surface area contributed by atoms with E-state index in [1.165, 1.54) is 49.7 Å². The van der Waals surface area contributed by atoms with Crippen molar-refractivity contribution in [3.63, 3.8) is 0 Å². The summed E-state index contributed by atoms with van der Waals surface area (Å²) in [6, 6.07) is 69.5. The van der Waals surface area contributed by atoms with Crippen LogP contribution in [-0.4, -0.2) is 9.97 Å². The van der Waals surface area contributed by atoms with Crippen molar-refractivity contribution in [3.05, 3.63) is 205 Å². The second-order valence-electron chi connectivity index (χ2n) is 15.0.